The topological polar surface area (TPSA) is 75.8 Å². The van der Waals surface area contributed by atoms with Crippen molar-refractivity contribution in [3.05, 3.63) is 23.3 Å². The second kappa shape index (κ2) is 5.09. The molecule has 1 aromatic carbocycles. The van der Waals surface area contributed by atoms with Gasteiger partial charge in [0.15, 0.2) is 0 Å². The first-order valence-electron chi connectivity index (χ1n) is 6.39. The molecule has 0 bridgehead atoms. The molecule has 5 nitrogen and oxygen atoms in total. The number of likely N-dealkylation sites (N-methyl/N-ethyl adjacent to an activating group) is 1. The van der Waals surface area contributed by atoms with Gasteiger partial charge < -0.3 is 20.5 Å². The van der Waals surface area contributed by atoms with E-state index < -0.39 is 5.97 Å². The van der Waals surface area contributed by atoms with Gasteiger partial charge in [-0.25, -0.2) is 4.79 Å². The molecule has 3 N–H and O–H groups in total. The number of aryl methyl sites for hydroxylation is 1. The predicted octanol–water partition coefficient (Wildman–Crippen LogP) is 1.89. The van der Waals surface area contributed by atoms with E-state index in [-0.39, 0.29) is 17.7 Å². The maximum atomic E-state index is 11.2. The van der Waals surface area contributed by atoms with E-state index >= 15 is 0 Å². The first-order valence-corrected chi connectivity index (χ1v) is 6.39. The van der Waals surface area contributed by atoms with Gasteiger partial charge in [-0.2, -0.15) is 0 Å². The maximum Gasteiger partial charge on any atom is 0.337 e. The van der Waals surface area contributed by atoms with E-state index in [1.54, 1.807) is 6.07 Å². The van der Waals surface area contributed by atoms with Crippen molar-refractivity contribution in [2.45, 2.75) is 32.4 Å². The molecule has 0 spiro atoms. The van der Waals surface area contributed by atoms with Crippen molar-refractivity contribution >= 4 is 17.3 Å². The lowest BCUT2D eigenvalue weighted by Crippen LogP contribution is -2.36. The van der Waals surface area contributed by atoms with Crippen LogP contribution in [0.25, 0.3) is 0 Å². The Morgan fingerprint density at radius 2 is 2.21 bits per heavy atom. The standard InChI is InChI=1S/C14H20N2O3/c1-8-6-10(7-11(13(8)15)14(17)18)16(3)12-4-5-19-9(12)2/h6-7,9,12H,4-5,15H2,1-3H3,(H,17,18). The van der Waals surface area contributed by atoms with Crippen molar-refractivity contribution in [1.29, 1.82) is 0 Å². The number of hydrogen-bond acceptors (Lipinski definition) is 4. The minimum absolute atomic E-state index is 0.149. The molecule has 1 saturated heterocycles. The van der Waals surface area contributed by atoms with Crippen molar-refractivity contribution in [1.82, 2.24) is 0 Å². The van der Waals surface area contributed by atoms with Crippen LogP contribution in [0.2, 0.25) is 0 Å². The van der Waals surface area contributed by atoms with E-state index in [4.69, 9.17) is 10.5 Å². The van der Waals surface area contributed by atoms with Gasteiger partial charge in [-0.3, -0.25) is 0 Å². The number of ether oxygens (including phenoxy) is 1. The molecule has 0 aliphatic carbocycles. The summed E-state index contributed by atoms with van der Waals surface area (Å²) >= 11 is 0. The lowest BCUT2D eigenvalue weighted by Gasteiger charge is -2.29. The van der Waals surface area contributed by atoms with Crippen molar-refractivity contribution in [2.24, 2.45) is 0 Å². The fraction of sp³-hybridized carbons (Fsp3) is 0.500. The Morgan fingerprint density at radius 1 is 1.53 bits per heavy atom. The van der Waals surface area contributed by atoms with Crippen LogP contribution in [0.1, 0.15) is 29.3 Å². The molecule has 104 valence electrons. The minimum atomic E-state index is -0.994. The second-order valence-corrected chi connectivity index (χ2v) is 5.07. The molecule has 1 aliphatic heterocycles. The molecule has 1 aromatic rings. The molecule has 1 fully saturated rings. The van der Waals surface area contributed by atoms with Crippen LogP contribution >= 0.6 is 0 Å². The zero-order valence-electron chi connectivity index (χ0n) is 11.5. The molecule has 2 unspecified atom stereocenters. The van der Waals surface area contributed by atoms with Gasteiger partial charge in [0, 0.05) is 25.0 Å². The first-order chi connectivity index (χ1) is 8.91. The van der Waals surface area contributed by atoms with Crippen LogP contribution in [0.3, 0.4) is 0 Å². The van der Waals surface area contributed by atoms with Gasteiger partial charge in [0.1, 0.15) is 0 Å². The number of benzene rings is 1. The number of carboxylic acids is 1. The van der Waals surface area contributed by atoms with Gasteiger partial charge in [-0.15, -0.1) is 0 Å². The molecule has 5 heteroatoms. The highest BCUT2D eigenvalue weighted by atomic mass is 16.5. The Labute approximate surface area is 113 Å². The third kappa shape index (κ3) is 2.51. The number of hydrogen-bond donors (Lipinski definition) is 2. The largest absolute Gasteiger partial charge is 0.478 e. The van der Waals surface area contributed by atoms with Crippen molar-refractivity contribution < 1.29 is 14.6 Å². The van der Waals surface area contributed by atoms with Gasteiger partial charge in [0.25, 0.3) is 0 Å². The van der Waals surface area contributed by atoms with E-state index in [1.807, 2.05) is 27.0 Å². The molecule has 2 atom stereocenters. The Morgan fingerprint density at radius 3 is 2.74 bits per heavy atom. The summed E-state index contributed by atoms with van der Waals surface area (Å²) in [4.78, 5) is 13.3. The molecular formula is C14H20N2O3. The summed E-state index contributed by atoms with van der Waals surface area (Å²) in [6, 6.07) is 3.83. The Balaban J connectivity index is 2.37. The lowest BCUT2D eigenvalue weighted by atomic mass is 10.0. The molecule has 2 rings (SSSR count). The van der Waals surface area contributed by atoms with E-state index in [0.29, 0.717) is 5.69 Å². The summed E-state index contributed by atoms with van der Waals surface area (Å²) in [7, 11) is 1.96. The minimum Gasteiger partial charge on any atom is -0.478 e. The molecule has 0 saturated carbocycles. The third-order valence-electron chi connectivity index (χ3n) is 3.84. The first kappa shape index (κ1) is 13.7. The molecule has 1 heterocycles. The number of nitrogens with zero attached hydrogens (tertiary/aromatic N) is 1. The fourth-order valence-electron chi connectivity index (χ4n) is 2.58. The monoisotopic (exact) mass is 264 g/mol. The van der Waals surface area contributed by atoms with Crippen LogP contribution < -0.4 is 10.6 Å². The molecule has 19 heavy (non-hydrogen) atoms. The zero-order valence-corrected chi connectivity index (χ0v) is 11.5. The van der Waals surface area contributed by atoms with Crippen molar-refractivity contribution in [3.63, 3.8) is 0 Å². The summed E-state index contributed by atoms with van der Waals surface area (Å²) in [5, 5.41) is 9.19. The number of rotatable bonds is 3. The summed E-state index contributed by atoms with van der Waals surface area (Å²) in [6.45, 7) is 4.61. The highest BCUT2D eigenvalue weighted by molar-refractivity contribution is 5.95. The number of carbonyl (C=O) groups is 1. The number of aromatic carboxylic acids is 1. The van der Waals surface area contributed by atoms with Gasteiger partial charge in [-0.05, 0) is 38.0 Å². The van der Waals surface area contributed by atoms with Crippen LogP contribution in [0, 0.1) is 6.92 Å². The van der Waals surface area contributed by atoms with E-state index in [0.717, 1.165) is 24.3 Å². The Hall–Kier alpha value is -1.75. The predicted molar refractivity (Wildman–Crippen MR) is 74.8 cm³/mol. The van der Waals surface area contributed by atoms with Gasteiger partial charge >= 0.3 is 5.97 Å². The Kier molecular flexibility index (Phi) is 3.66. The number of nitrogens with two attached hydrogens (primary N) is 1. The maximum absolute atomic E-state index is 11.2. The number of nitrogen functional groups attached to an aromatic ring is 1. The van der Waals surface area contributed by atoms with Crippen LogP contribution in [0.5, 0.6) is 0 Å². The smallest absolute Gasteiger partial charge is 0.337 e. The van der Waals surface area contributed by atoms with Gasteiger partial charge in [0.2, 0.25) is 0 Å². The van der Waals surface area contributed by atoms with Crippen molar-refractivity contribution in [2.75, 3.05) is 24.3 Å². The fourth-order valence-corrected chi connectivity index (χ4v) is 2.58. The molecule has 0 amide bonds. The van der Waals surface area contributed by atoms with Crippen LogP contribution in [0.15, 0.2) is 12.1 Å². The van der Waals surface area contributed by atoms with Gasteiger partial charge in [0.05, 0.1) is 17.7 Å². The lowest BCUT2D eigenvalue weighted by molar-refractivity contribution is 0.0698. The van der Waals surface area contributed by atoms with Crippen LogP contribution in [-0.2, 0) is 4.74 Å². The average molecular weight is 264 g/mol. The zero-order chi connectivity index (χ0) is 14.2. The summed E-state index contributed by atoms with van der Waals surface area (Å²) in [5.41, 5.74) is 7.96. The second-order valence-electron chi connectivity index (χ2n) is 5.07. The van der Waals surface area contributed by atoms with Crippen molar-refractivity contribution in [3.8, 4) is 0 Å². The molecule has 0 aromatic heterocycles. The van der Waals surface area contributed by atoms with Crippen LogP contribution in [-0.4, -0.2) is 36.9 Å². The normalized spacial score (nSPS) is 22.5. The van der Waals surface area contributed by atoms with Crippen LogP contribution in [0.4, 0.5) is 11.4 Å². The summed E-state index contributed by atoms with van der Waals surface area (Å²) < 4.78 is 5.56. The SMILES string of the molecule is Cc1cc(N(C)C2CCOC2C)cc(C(=O)O)c1N. The average Bonchev–Trinajstić information content (AvgIpc) is 2.77. The van der Waals surface area contributed by atoms with E-state index in [1.165, 1.54) is 0 Å². The van der Waals surface area contributed by atoms with Gasteiger partial charge in [-0.1, -0.05) is 0 Å². The molecule has 0 radical (unpaired) electrons. The van der Waals surface area contributed by atoms with E-state index in [2.05, 4.69) is 4.90 Å². The number of carboxylic acid groups (broad SMARTS) is 1. The summed E-state index contributed by atoms with van der Waals surface area (Å²) in [6.07, 6.45) is 1.10. The van der Waals surface area contributed by atoms with E-state index in [9.17, 15) is 9.90 Å². The molecular weight excluding hydrogens is 244 g/mol. The quantitative estimate of drug-likeness (QED) is 0.815. The molecule has 1 aliphatic rings. The summed E-state index contributed by atoms with van der Waals surface area (Å²) in [5.74, 6) is -0.994. The highest BCUT2D eigenvalue weighted by Gasteiger charge is 2.28. The Bertz CT molecular complexity index is 502. The number of anilines is 2. The highest BCUT2D eigenvalue weighted by Crippen LogP contribution is 2.29. The third-order valence-corrected chi connectivity index (χ3v) is 3.84.